The van der Waals surface area contributed by atoms with Crippen LogP contribution in [0.1, 0.15) is 99.5 Å². The van der Waals surface area contributed by atoms with Gasteiger partial charge in [-0.3, -0.25) is 28.8 Å². The number of amides is 6. The van der Waals surface area contributed by atoms with Gasteiger partial charge < -0.3 is 51.0 Å². The van der Waals surface area contributed by atoms with Gasteiger partial charge >= 0.3 is 5.97 Å². The Balaban J connectivity index is 2.16. The first-order valence-electron chi connectivity index (χ1n) is 21.6. The summed E-state index contributed by atoms with van der Waals surface area (Å²) in [6, 6.07) is 0.535. The predicted octanol–water partition coefficient (Wildman–Crippen LogP) is 1.44. The number of aliphatic hydroxyl groups is 1. The van der Waals surface area contributed by atoms with Crippen LogP contribution in [0, 0.1) is 17.8 Å². The highest BCUT2D eigenvalue weighted by atomic mass is 16.5. The molecule has 0 spiro atoms. The zero-order valence-electron chi connectivity index (χ0n) is 38.0. The first-order valence-corrected chi connectivity index (χ1v) is 21.6. The number of esters is 1. The molecule has 6 amide bonds. The van der Waals surface area contributed by atoms with Gasteiger partial charge in [-0.25, -0.2) is 4.79 Å². The molecule has 342 valence electrons. The molecule has 2 fully saturated rings. The van der Waals surface area contributed by atoms with Crippen molar-refractivity contribution < 1.29 is 48.1 Å². The Kier molecular flexibility index (Phi) is 19.0. The molecule has 3 rings (SSSR count). The van der Waals surface area contributed by atoms with Gasteiger partial charge in [0, 0.05) is 20.0 Å². The van der Waals surface area contributed by atoms with Crippen molar-refractivity contribution in [2.75, 3.05) is 34.4 Å². The predicted molar refractivity (Wildman–Crippen MR) is 229 cm³/mol. The van der Waals surface area contributed by atoms with Crippen molar-refractivity contribution in [1.82, 2.24) is 36.4 Å². The molecule has 2 aliphatic rings. The number of methoxy groups -OCH3 is 1. The molecule has 0 unspecified atom stereocenters. The molecule has 0 saturated carbocycles. The number of fused-ring (bicyclic) bond motifs is 1. The highest BCUT2D eigenvalue weighted by Crippen LogP contribution is 2.25. The number of carbonyl (C=O) groups excluding carboxylic acids is 7. The van der Waals surface area contributed by atoms with Gasteiger partial charge in [-0.2, -0.15) is 0 Å². The van der Waals surface area contributed by atoms with Crippen molar-refractivity contribution in [2.45, 2.75) is 148 Å². The second-order valence-electron chi connectivity index (χ2n) is 17.9. The zero-order valence-corrected chi connectivity index (χ0v) is 38.0. The molecule has 17 nitrogen and oxygen atoms in total. The largest absolute Gasteiger partial charge is 0.497 e. The SMILES string of the molecule is CC[C@H](C)[C@H]1NC(=O)[C@@H](NC(=O)[C@@H](CC(C)C)NC)COC(=O)[C@H](Cc2ccc(OC)cc2)N(C)C(=O)[C@@H]2CCCN2C(=O)[C@H](CC(C)C)NC(=O)C(C)(C)NC(=O)C[C@@H]1O. The minimum absolute atomic E-state index is 0.00437. The molecular formula is C44H71N7O10. The van der Waals surface area contributed by atoms with E-state index in [1.807, 2.05) is 34.6 Å². The topological polar surface area (TPSA) is 225 Å². The van der Waals surface area contributed by atoms with Crippen LogP contribution in [0.25, 0.3) is 0 Å². The van der Waals surface area contributed by atoms with Gasteiger partial charge in [0.15, 0.2) is 0 Å². The normalized spacial score (nSPS) is 26.1. The van der Waals surface area contributed by atoms with Crippen LogP contribution in [0.15, 0.2) is 24.3 Å². The van der Waals surface area contributed by atoms with E-state index in [9.17, 15) is 38.7 Å². The molecule has 2 heterocycles. The molecule has 0 aromatic heterocycles. The lowest BCUT2D eigenvalue weighted by Crippen LogP contribution is -2.61. The number of nitrogens with zero attached hydrogens (tertiary/aromatic N) is 2. The Hall–Kier alpha value is -4.77. The first-order chi connectivity index (χ1) is 28.6. The number of carbonyl (C=O) groups is 7. The van der Waals surface area contributed by atoms with Crippen molar-refractivity contribution >= 4 is 41.4 Å². The van der Waals surface area contributed by atoms with E-state index in [-0.39, 0.29) is 37.1 Å². The lowest BCUT2D eigenvalue weighted by Gasteiger charge is -2.35. The number of hydrogen-bond donors (Lipinski definition) is 6. The Morgan fingerprint density at radius 3 is 2.23 bits per heavy atom. The number of aliphatic hydroxyl groups excluding tert-OH is 1. The van der Waals surface area contributed by atoms with Gasteiger partial charge in [0.05, 0.1) is 31.7 Å². The number of hydrogen-bond acceptors (Lipinski definition) is 11. The summed E-state index contributed by atoms with van der Waals surface area (Å²) in [5.41, 5.74) is -0.876. The maximum Gasteiger partial charge on any atom is 0.329 e. The van der Waals surface area contributed by atoms with Crippen LogP contribution >= 0.6 is 0 Å². The fraction of sp³-hybridized carbons (Fsp3) is 0.705. The monoisotopic (exact) mass is 858 g/mol. The van der Waals surface area contributed by atoms with Crippen LogP contribution < -0.4 is 31.3 Å². The minimum atomic E-state index is -1.54. The Morgan fingerprint density at radius 1 is 1.00 bits per heavy atom. The van der Waals surface area contributed by atoms with Gasteiger partial charge in [-0.15, -0.1) is 0 Å². The molecule has 0 radical (unpaired) electrons. The van der Waals surface area contributed by atoms with E-state index in [1.54, 1.807) is 38.2 Å². The van der Waals surface area contributed by atoms with Crippen LogP contribution in [-0.2, 0) is 44.7 Å². The molecule has 0 bridgehead atoms. The van der Waals surface area contributed by atoms with Crippen LogP contribution in [0.4, 0.5) is 0 Å². The molecule has 8 atom stereocenters. The van der Waals surface area contributed by atoms with E-state index in [2.05, 4.69) is 26.6 Å². The smallest absolute Gasteiger partial charge is 0.329 e. The molecule has 2 saturated heterocycles. The maximum absolute atomic E-state index is 14.5. The van der Waals surface area contributed by atoms with Crippen LogP contribution in [0.3, 0.4) is 0 Å². The standard InChI is InChI=1S/C44H71N7O10/c1-12-27(6)37-35(52)23-36(53)49-44(7,8)43(59)47-31(21-26(4)5)40(56)51-19-13-14-33(51)41(57)50(10)34(22-28-15-17-29(60-11)18-16-28)42(58)61-24-32(39(55)48-37)46-38(54)30(45-9)20-25(2)3/h15-18,25-27,30-35,37,45,52H,12-14,19-24H2,1-11H3,(H,46,54)(H,47,59)(H,48,55)(H,49,53)/t27-,30+,31-,32-,33-,34-,35-,37+/m0/s1. The Bertz CT molecular complexity index is 1690. The third-order valence-corrected chi connectivity index (χ3v) is 11.6. The van der Waals surface area contributed by atoms with E-state index in [0.29, 0.717) is 37.0 Å². The summed E-state index contributed by atoms with van der Waals surface area (Å²) in [6.45, 7) is 13.9. The van der Waals surface area contributed by atoms with Gasteiger partial charge in [-0.05, 0) is 82.0 Å². The van der Waals surface area contributed by atoms with Crippen molar-refractivity contribution in [3.8, 4) is 5.75 Å². The van der Waals surface area contributed by atoms with Crippen LogP contribution in [0.2, 0.25) is 0 Å². The minimum Gasteiger partial charge on any atom is -0.497 e. The van der Waals surface area contributed by atoms with Crippen molar-refractivity contribution in [3.63, 3.8) is 0 Å². The number of ether oxygens (including phenoxy) is 2. The van der Waals surface area contributed by atoms with E-state index in [1.165, 1.54) is 37.8 Å². The summed E-state index contributed by atoms with van der Waals surface area (Å²) in [4.78, 5) is 101. The van der Waals surface area contributed by atoms with Gasteiger partial charge in [0.2, 0.25) is 35.4 Å². The van der Waals surface area contributed by atoms with E-state index in [0.717, 1.165) is 0 Å². The molecular weight excluding hydrogens is 787 g/mol. The maximum atomic E-state index is 14.5. The highest BCUT2D eigenvalue weighted by molar-refractivity contribution is 5.97. The number of likely N-dealkylation sites (N-methyl/N-ethyl adjacent to an activating group) is 2. The third kappa shape index (κ3) is 14.1. The van der Waals surface area contributed by atoms with Crippen molar-refractivity contribution in [3.05, 3.63) is 29.8 Å². The second kappa shape index (κ2) is 22.9. The fourth-order valence-electron chi connectivity index (χ4n) is 7.72. The van der Waals surface area contributed by atoms with Gasteiger partial charge in [0.1, 0.15) is 42.1 Å². The zero-order chi connectivity index (χ0) is 45.8. The molecule has 17 heteroatoms. The molecule has 1 aromatic carbocycles. The molecule has 2 aliphatic heterocycles. The van der Waals surface area contributed by atoms with E-state index in [4.69, 9.17) is 9.47 Å². The fourth-order valence-corrected chi connectivity index (χ4v) is 7.72. The summed E-state index contributed by atoms with van der Waals surface area (Å²) in [7, 11) is 4.60. The van der Waals surface area contributed by atoms with Gasteiger partial charge in [-0.1, -0.05) is 60.1 Å². The first kappa shape index (κ1) is 50.6. The summed E-state index contributed by atoms with van der Waals surface area (Å²) in [6.07, 6.45) is 0.0184. The summed E-state index contributed by atoms with van der Waals surface area (Å²) >= 11 is 0. The number of benzene rings is 1. The third-order valence-electron chi connectivity index (χ3n) is 11.6. The molecule has 6 N–H and O–H groups in total. The van der Waals surface area contributed by atoms with Crippen LogP contribution in [-0.4, -0.2) is 139 Å². The number of nitrogens with one attached hydrogen (secondary N) is 5. The van der Waals surface area contributed by atoms with Crippen molar-refractivity contribution in [2.24, 2.45) is 17.8 Å². The van der Waals surface area contributed by atoms with Crippen molar-refractivity contribution in [1.29, 1.82) is 0 Å². The summed E-state index contributed by atoms with van der Waals surface area (Å²) in [5, 5.41) is 25.5. The molecule has 1 aromatic rings. The number of cyclic esters (lactones) is 1. The lowest BCUT2D eigenvalue weighted by atomic mass is 9.91. The summed E-state index contributed by atoms with van der Waals surface area (Å²) < 4.78 is 11.2. The highest BCUT2D eigenvalue weighted by Gasteiger charge is 2.43. The molecule has 61 heavy (non-hydrogen) atoms. The van der Waals surface area contributed by atoms with Crippen LogP contribution in [0.5, 0.6) is 5.75 Å². The Morgan fingerprint density at radius 2 is 1.66 bits per heavy atom. The average molecular weight is 858 g/mol. The molecule has 0 aliphatic carbocycles. The lowest BCUT2D eigenvalue weighted by molar-refractivity contribution is -0.158. The quantitative estimate of drug-likeness (QED) is 0.165. The van der Waals surface area contributed by atoms with E-state index < -0.39 is 102 Å². The van der Waals surface area contributed by atoms with Gasteiger partial charge in [0.25, 0.3) is 0 Å². The summed E-state index contributed by atoms with van der Waals surface area (Å²) in [5.74, 6) is -4.21. The second-order valence-corrected chi connectivity index (χ2v) is 17.9. The van der Waals surface area contributed by atoms with E-state index >= 15 is 0 Å². The average Bonchev–Trinajstić information content (AvgIpc) is 3.70. The number of rotatable bonds is 12. The Labute approximate surface area is 361 Å².